The van der Waals surface area contributed by atoms with Crippen molar-refractivity contribution < 1.29 is 19.8 Å². The van der Waals surface area contributed by atoms with Gasteiger partial charge in [-0.05, 0) is 29.8 Å². The van der Waals surface area contributed by atoms with Crippen molar-refractivity contribution in [3.05, 3.63) is 65.9 Å². The van der Waals surface area contributed by atoms with Gasteiger partial charge in [0, 0.05) is 11.9 Å². The number of phenols is 1. The van der Waals surface area contributed by atoms with Gasteiger partial charge in [-0.1, -0.05) is 24.3 Å². The van der Waals surface area contributed by atoms with Crippen molar-refractivity contribution in [2.24, 2.45) is 0 Å². The molecule has 0 unspecified atom stereocenters. The molecule has 0 spiro atoms. The zero-order chi connectivity index (χ0) is 18.2. The van der Waals surface area contributed by atoms with Crippen molar-refractivity contribution in [2.75, 3.05) is 10.6 Å². The topological polar surface area (TPSA) is 122 Å². The molecule has 0 heterocycles. The van der Waals surface area contributed by atoms with Crippen molar-refractivity contribution in [3.8, 4) is 11.8 Å². The lowest BCUT2D eigenvalue weighted by Crippen LogP contribution is -2.14. The van der Waals surface area contributed by atoms with Crippen molar-refractivity contribution in [1.82, 2.24) is 0 Å². The summed E-state index contributed by atoms with van der Waals surface area (Å²) >= 11 is 0. The number of aliphatic carboxylic acids is 1. The molecule has 7 nitrogen and oxygen atoms in total. The van der Waals surface area contributed by atoms with Gasteiger partial charge in [-0.15, -0.1) is 0 Å². The molecule has 126 valence electrons. The standard InChI is InChI=1S/C18H15N3O4/c19-10-13(18(25)21-15-3-1-2-4-16(15)22)11-20-14-7-5-12(6-8-14)9-17(23)24/h1-8,11,20,22H,9H2,(H,21,25)(H,23,24)/b13-11-. The normalized spacial score (nSPS) is 10.6. The molecule has 0 aliphatic heterocycles. The number of anilines is 2. The first-order chi connectivity index (χ1) is 12.0. The number of hydrogen-bond donors (Lipinski definition) is 4. The molecule has 0 saturated carbocycles. The Bertz CT molecular complexity index is 851. The Morgan fingerprint density at radius 3 is 2.40 bits per heavy atom. The Labute approximate surface area is 143 Å². The fraction of sp³-hybridized carbons (Fsp3) is 0.0556. The zero-order valence-electron chi connectivity index (χ0n) is 13.1. The van der Waals surface area contributed by atoms with E-state index < -0.39 is 11.9 Å². The molecule has 0 saturated heterocycles. The van der Waals surface area contributed by atoms with Crippen LogP contribution in [-0.2, 0) is 16.0 Å². The van der Waals surface area contributed by atoms with Crippen LogP contribution in [-0.4, -0.2) is 22.1 Å². The van der Waals surface area contributed by atoms with Gasteiger partial charge in [0.1, 0.15) is 17.4 Å². The summed E-state index contributed by atoms with van der Waals surface area (Å²) in [6.45, 7) is 0. The van der Waals surface area contributed by atoms with E-state index in [0.717, 1.165) is 0 Å². The van der Waals surface area contributed by atoms with Gasteiger partial charge in [0.15, 0.2) is 0 Å². The molecule has 0 bridgehead atoms. The van der Waals surface area contributed by atoms with Crippen LogP contribution >= 0.6 is 0 Å². The smallest absolute Gasteiger partial charge is 0.307 e. The minimum atomic E-state index is -0.923. The van der Waals surface area contributed by atoms with Crippen LogP contribution in [0.15, 0.2) is 60.3 Å². The quantitative estimate of drug-likeness (QED) is 0.365. The molecule has 0 aromatic heterocycles. The van der Waals surface area contributed by atoms with Crippen LogP contribution in [0.1, 0.15) is 5.56 Å². The van der Waals surface area contributed by atoms with Gasteiger partial charge in [0.2, 0.25) is 0 Å². The number of carbonyl (C=O) groups excluding carboxylic acids is 1. The fourth-order valence-electron chi connectivity index (χ4n) is 1.97. The van der Waals surface area contributed by atoms with Crippen LogP contribution < -0.4 is 10.6 Å². The summed E-state index contributed by atoms with van der Waals surface area (Å²) in [7, 11) is 0. The highest BCUT2D eigenvalue weighted by Crippen LogP contribution is 2.22. The first-order valence-electron chi connectivity index (χ1n) is 7.26. The molecular weight excluding hydrogens is 322 g/mol. The maximum atomic E-state index is 12.1. The number of aromatic hydroxyl groups is 1. The molecule has 0 atom stereocenters. The number of amides is 1. The predicted octanol–water partition coefficient (Wildman–Crippen LogP) is 2.48. The number of carboxylic acids is 1. The zero-order valence-corrected chi connectivity index (χ0v) is 13.1. The second kappa shape index (κ2) is 8.17. The van der Waals surface area contributed by atoms with E-state index in [1.54, 1.807) is 42.5 Å². The second-order valence-electron chi connectivity index (χ2n) is 5.05. The predicted molar refractivity (Wildman–Crippen MR) is 91.8 cm³/mol. The molecule has 0 fully saturated rings. The number of rotatable bonds is 6. The highest BCUT2D eigenvalue weighted by Gasteiger charge is 2.11. The minimum Gasteiger partial charge on any atom is -0.506 e. The third-order valence-corrected chi connectivity index (χ3v) is 3.21. The lowest BCUT2D eigenvalue weighted by atomic mass is 10.1. The van der Waals surface area contributed by atoms with E-state index in [-0.39, 0.29) is 23.4 Å². The monoisotopic (exact) mass is 337 g/mol. The third-order valence-electron chi connectivity index (χ3n) is 3.21. The van der Waals surface area contributed by atoms with Crippen molar-refractivity contribution in [3.63, 3.8) is 0 Å². The van der Waals surface area contributed by atoms with Crippen LogP contribution in [0, 0.1) is 11.3 Å². The van der Waals surface area contributed by atoms with Gasteiger partial charge in [-0.3, -0.25) is 9.59 Å². The van der Waals surface area contributed by atoms with Crippen molar-refractivity contribution in [1.29, 1.82) is 5.26 Å². The second-order valence-corrected chi connectivity index (χ2v) is 5.05. The Kier molecular flexibility index (Phi) is 5.74. The molecular formula is C18H15N3O4. The summed E-state index contributed by atoms with van der Waals surface area (Å²) in [5, 5.41) is 32.7. The van der Waals surface area contributed by atoms with E-state index in [9.17, 15) is 14.7 Å². The number of phenolic OH excluding ortho intramolecular Hbond substituents is 1. The highest BCUT2D eigenvalue weighted by atomic mass is 16.4. The van der Waals surface area contributed by atoms with Gasteiger partial charge < -0.3 is 20.8 Å². The van der Waals surface area contributed by atoms with Gasteiger partial charge in [0.05, 0.1) is 12.1 Å². The lowest BCUT2D eigenvalue weighted by Gasteiger charge is -2.07. The summed E-state index contributed by atoms with van der Waals surface area (Å²) in [6, 6.07) is 14.5. The minimum absolute atomic E-state index is 0.0808. The molecule has 0 radical (unpaired) electrons. The summed E-state index contributed by atoms with van der Waals surface area (Å²) in [4.78, 5) is 22.7. The lowest BCUT2D eigenvalue weighted by molar-refractivity contribution is -0.136. The summed E-state index contributed by atoms with van der Waals surface area (Å²) < 4.78 is 0. The van der Waals surface area contributed by atoms with Crippen molar-refractivity contribution >= 4 is 23.3 Å². The Morgan fingerprint density at radius 2 is 1.80 bits per heavy atom. The van der Waals surface area contributed by atoms with Crippen LogP contribution in [0.2, 0.25) is 0 Å². The maximum absolute atomic E-state index is 12.1. The average molecular weight is 337 g/mol. The van der Waals surface area contributed by atoms with E-state index >= 15 is 0 Å². The van der Waals surface area contributed by atoms with Gasteiger partial charge >= 0.3 is 5.97 Å². The van der Waals surface area contributed by atoms with Gasteiger partial charge in [-0.25, -0.2) is 0 Å². The summed E-state index contributed by atoms with van der Waals surface area (Å²) in [5.74, 6) is -1.69. The maximum Gasteiger partial charge on any atom is 0.307 e. The number of carboxylic acid groups (broad SMARTS) is 1. The number of carbonyl (C=O) groups is 2. The molecule has 7 heteroatoms. The molecule has 4 N–H and O–H groups in total. The van der Waals surface area contributed by atoms with Crippen molar-refractivity contribution in [2.45, 2.75) is 6.42 Å². The molecule has 25 heavy (non-hydrogen) atoms. The SMILES string of the molecule is N#C/C(=C/Nc1ccc(CC(=O)O)cc1)C(=O)Nc1ccccc1O. The van der Waals surface area contributed by atoms with E-state index in [2.05, 4.69) is 10.6 Å². The molecule has 2 aromatic rings. The Hall–Kier alpha value is -3.79. The molecule has 1 amide bonds. The average Bonchev–Trinajstić information content (AvgIpc) is 2.58. The van der Waals surface area contributed by atoms with Crippen LogP contribution in [0.4, 0.5) is 11.4 Å². The summed E-state index contributed by atoms with van der Waals surface area (Å²) in [6.07, 6.45) is 1.16. The van der Waals surface area contributed by atoms with E-state index in [1.165, 1.54) is 18.3 Å². The molecule has 0 aliphatic rings. The largest absolute Gasteiger partial charge is 0.506 e. The first kappa shape index (κ1) is 17.6. The molecule has 2 rings (SSSR count). The number of para-hydroxylation sites is 2. The van der Waals surface area contributed by atoms with Gasteiger partial charge in [-0.2, -0.15) is 5.26 Å². The number of benzene rings is 2. The van der Waals surface area contributed by atoms with Crippen LogP contribution in [0.3, 0.4) is 0 Å². The van der Waals surface area contributed by atoms with E-state index in [0.29, 0.717) is 11.3 Å². The third kappa shape index (κ3) is 5.11. The molecule has 0 aliphatic carbocycles. The van der Waals surface area contributed by atoms with E-state index in [4.69, 9.17) is 10.4 Å². The number of nitrogens with zero attached hydrogens (tertiary/aromatic N) is 1. The number of nitrogens with one attached hydrogen (secondary N) is 2. The van der Waals surface area contributed by atoms with Crippen LogP contribution in [0.25, 0.3) is 0 Å². The fourth-order valence-corrected chi connectivity index (χ4v) is 1.97. The van der Waals surface area contributed by atoms with Gasteiger partial charge in [0.25, 0.3) is 5.91 Å². The highest BCUT2D eigenvalue weighted by molar-refractivity contribution is 6.07. The first-order valence-corrected chi connectivity index (χ1v) is 7.26. The Balaban J connectivity index is 2.04. The van der Waals surface area contributed by atoms with Crippen LogP contribution in [0.5, 0.6) is 5.75 Å². The number of nitriles is 1. The van der Waals surface area contributed by atoms with E-state index in [1.807, 2.05) is 0 Å². The summed E-state index contributed by atoms with van der Waals surface area (Å²) in [5.41, 5.74) is 1.25. The molecule has 2 aromatic carbocycles. The number of hydrogen-bond acceptors (Lipinski definition) is 5. The Morgan fingerprint density at radius 1 is 1.12 bits per heavy atom.